The molecule has 0 bridgehead atoms. The number of benzene rings is 2. The average molecular weight is 544 g/mol. The molecule has 2 aliphatic rings. The molecule has 1 aliphatic heterocycles. The quantitative estimate of drug-likeness (QED) is 0.421. The van der Waals surface area contributed by atoms with Crippen LogP contribution in [-0.2, 0) is 9.47 Å². The first-order valence-corrected chi connectivity index (χ1v) is 12.5. The molecule has 8 nitrogen and oxygen atoms in total. The van der Waals surface area contributed by atoms with E-state index < -0.39 is 29.2 Å². The molecule has 0 unspecified atom stereocenters. The normalized spacial score (nSPS) is 16.8. The van der Waals surface area contributed by atoms with Gasteiger partial charge in [-0.05, 0) is 55.3 Å². The molecule has 2 aromatic carbocycles. The van der Waals surface area contributed by atoms with Gasteiger partial charge in [-0.3, -0.25) is 9.59 Å². The van der Waals surface area contributed by atoms with Gasteiger partial charge in [-0.1, -0.05) is 11.6 Å². The fraction of sp³-hybridized carbons (Fsp3) is 0.296. The van der Waals surface area contributed by atoms with E-state index >= 15 is 0 Å². The smallest absolute Gasteiger partial charge is 0.259 e. The number of amides is 2. The number of ether oxygens (including phenoxy) is 3. The van der Waals surface area contributed by atoms with E-state index in [0.717, 1.165) is 24.3 Å². The summed E-state index contributed by atoms with van der Waals surface area (Å²) in [5.41, 5.74) is -0.0165. The van der Waals surface area contributed by atoms with Gasteiger partial charge >= 0.3 is 0 Å². The SMILES string of the molecule is O=C(Nc1ccc(Cl)cn1)c1cc(F)ccc1NC(=O)c1ccc(F)cc1OC1CCC2(CC1)OCCO2. The summed E-state index contributed by atoms with van der Waals surface area (Å²) < 4.78 is 45.7. The van der Waals surface area contributed by atoms with E-state index in [1.807, 2.05) is 0 Å². The molecule has 0 radical (unpaired) electrons. The number of nitrogens with zero attached hydrogens (tertiary/aromatic N) is 1. The monoisotopic (exact) mass is 543 g/mol. The molecule has 1 saturated heterocycles. The highest BCUT2D eigenvalue weighted by molar-refractivity contribution is 6.30. The summed E-state index contributed by atoms with van der Waals surface area (Å²) in [6.07, 6.45) is 3.56. The number of aromatic nitrogens is 1. The van der Waals surface area contributed by atoms with Crippen LogP contribution in [0.5, 0.6) is 5.75 Å². The van der Waals surface area contributed by atoms with Gasteiger partial charge in [0.2, 0.25) is 0 Å². The van der Waals surface area contributed by atoms with E-state index in [9.17, 15) is 18.4 Å². The molecule has 5 rings (SSSR count). The van der Waals surface area contributed by atoms with Crippen LogP contribution in [0.4, 0.5) is 20.3 Å². The van der Waals surface area contributed by atoms with Gasteiger partial charge in [0.1, 0.15) is 23.2 Å². The van der Waals surface area contributed by atoms with E-state index in [1.54, 1.807) is 0 Å². The summed E-state index contributed by atoms with van der Waals surface area (Å²) >= 11 is 5.82. The highest BCUT2D eigenvalue weighted by atomic mass is 35.5. The molecule has 1 saturated carbocycles. The van der Waals surface area contributed by atoms with Crippen molar-refractivity contribution in [2.24, 2.45) is 0 Å². The van der Waals surface area contributed by atoms with Crippen molar-refractivity contribution in [3.63, 3.8) is 0 Å². The van der Waals surface area contributed by atoms with Crippen molar-refractivity contribution in [3.8, 4) is 5.75 Å². The van der Waals surface area contributed by atoms with E-state index in [2.05, 4.69) is 15.6 Å². The maximum Gasteiger partial charge on any atom is 0.259 e. The van der Waals surface area contributed by atoms with Crippen molar-refractivity contribution < 1.29 is 32.6 Å². The topological polar surface area (TPSA) is 98.8 Å². The second-order valence-corrected chi connectivity index (χ2v) is 9.46. The van der Waals surface area contributed by atoms with Crippen LogP contribution in [0.1, 0.15) is 46.4 Å². The van der Waals surface area contributed by atoms with Crippen molar-refractivity contribution in [2.75, 3.05) is 23.8 Å². The van der Waals surface area contributed by atoms with Gasteiger partial charge < -0.3 is 24.8 Å². The Morgan fingerprint density at radius 3 is 2.32 bits per heavy atom. The average Bonchev–Trinajstić information content (AvgIpc) is 3.36. The number of nitrogens with one attached hydrogen (secondary N) is 2. The summed E-state index contributed by atoms with van der Waals surface area (Å²) in [6, 6.07) is 9.98. The van der Waals surface area contributed by atoms with Crippen LogP contribution < -0.4 is 15.4 Å². The predicted octanol–water partition coefficient (Wildman–Crippen LogP) is 5.58. The number of rotatable bonds is 6. The third-order valence-electron chi connectivity index (χ3n) is 6.43. The Morgan fingerprint density at radius 2 is 1.61 bits per heavy atom. The number of carbonyl (C=O) groups is 2. The second kappa shape index (κ2) is 11.0. The lowest BCUT2D eigenvalue weighted by atomic mass is 9.91. The second-order valence-electron chi connectivity index (χ2n) is 9.03. The molecule has 2 fully saturated rings. The molecule has 3 aromatic rings. The molecule has 2 heterocycles. The molecular formula is C27H24ClF2N3O5. The summed E-state index contributed by atoms with van der Waals surface area (Å²) in [4.78, 5) is 30.1. The van der Waals surface area contributed by atoms with Gasteiger partial charge in [-0.25, -0.2) is 13.8 Å². The largest absolute Gasteiger partial charge is 0.489 e. The van der Waals surface area contributed by atoms with Gasteiger partial charge in [0.15, 0.2) is 5.79 Å². The molecule has 38 heavy (non-hydrogen) atoms. The van der Waals surface area contributed by atoms with Gasteiger partial charge in [-0.2, -0.15) is 0 Å². The minimum atomic E-state index is -0.697. The van der Waals surface area contributed by atoms with Crippen molar-refractivity contribution in [1.82, 2.24) is 4.98 Å². The van der Waals surface area contributed by atoms with E-state index in [1.165, 1.54) is 30.5 Å². The molecule has 1 spiro atoms. The van der Waals surface area contributed by atoms with Crippen LogP contribution >= 0.6 is 11.6 Å². The van der Waals surface area contributed by atoms with Gasteiger partial charge in [0, 0.05) is 25.1 Å². The molecule has 198 valence electrons. The number of hydrogen-bond donors (Lipinski definition) is 2. The van der Waals surface area contributed by atoms with Crippen molar-refractivity contribution in [1.29, 1.82) is 0 Å². The number of hydrogen-bond acceptors (Lipinski definition) is 6. The van der Waals surface area contributed by atoms with E-state index in [0.29, 0.717) is 43.9 Å². The van der Waals surface area contributed by atoms with Crippen LogP contribution in [0.15, 0.2) is 54.7 Å². The summed E-state index contributed by atoms with van der Waals surface area (Å²) in [6.45, 7) is 1.11. The predicted molar refractivity (Wildman–Crippen MR) is 135 cm³/mol. The Balaban J connectivity index is 1.32. The molecule has 1 aromatic heterocycles. The molecular weight excluding hydrogens is 520 g/mol. The lowest BCUT2D eigenvalue weighted by molar-refractivity contribution is -0.186. The molecule has 11 heteroatoms. The fourth-order valence-electron chi connectivity index (χ4n) is 4.53. The van der Waals surface area contributed by atoms with Crippen LogP contribution in [0, 0.1) is 11.6 Å². The van der Waals surface area contributed by atoms with Gasteiger partial charge in [-0.15, -0.1) is 0 Å². The van der Waals surface area contributed by atoms with E-state index in [-0.39, 0.29) is 34.5 Å². The zero-order valence-electron chi connectivity index (χ0n) is 20.1. The number of anilines is 2. The molecule has 0 atom stereocenters. The lowest BCUT2D eigenvalue weighted by Crippen LogP contribution is -2.38. The van der Waals surface area contributed by atoms with Crippen molar-refractivity contribution >= 4 is 34.9 Å². The first-order valence-electron chi connectivity index (χ1n) is 12.1. The first-order chi connectivity index (χ1) is 18.3. The van der Waals surface area contributed by atoms with Gasteiger partial charge in [0.25, 0.3) is 11.8 Å². The van der Waals surface area contributed by atoms with Crippen LogP contribution in [0.3, 0.4) is 0 Å². The Morgan fingerprint density at radius 1 is 0.921 bits per heavy atom. The standard InChI is InChI=1S/C27H24ClF2N3O5/c28-16-1-6-24(31-15-16)33-26(35)21-13-17(29)3-5-22(21)32-25(34)20-4-2-18(30)14-23(20)38-19-7-9-27(10-8-19)36-11-12-37-27/h1-6,13-15,19H,7-12H2,(H,32,34)(H,31,33,35). The summed E-state index contributed by atoms with van der Waals surface area (Å²) in [7, 11) is 0. The third-order valence-corrected chi connectivity index (χ3v) is 6.66. The highest BCUT2D eigenvalue weighted by Gasteiger charge is 2.41. The number of carbonyl (C=O) groups excluding carboxylic acids is 2. The number of halogens is 3. The Labute approximate surface area is 222 Å². The first kappa shape index (κ1) is 26.0. The zero-order valence-corrected chi connectivity index (χ0v) is 20.9. The fourth-order valence-corrected chi connectivity index (χ4v) is 4.64. The maximum atomic E-state index is 14.1. The van der Waals surface area contributed by atoms with Gasteiger partial charge in [0.05, 0.1) is 41.2 Å². The zero-order chi connectivity index (χ0) is 26.7. The summed E-state index contributed by atoms with van der Waals surface area (Å²) in [5.74, 6) is -2.91. The van der Waals surface area contributed by atoms with Crippen LogP contribution in [0.25, 0.3) is 0 Å². The molecule has 1 aliphatic carbocycles. The van der Waals surface area contributed by atoms with Crippen LogP contribution in [0.2, 0.25) is 5.02 Å². The maximum absolute atomic E-state index is 14.1. The van der Waals surface area contributed by atoms with Crippen molar-refractivity contribution in [2.45, 2.75) is 37.6 Å². The minimum absolute atomic E-state index is 0.0493. The Hall–Kier alpha value is -3.60. The Bertz CT molecular complexity index is 1340. The minimum Gasteiger partial charge on any atom is -0.489 e. The number of pyridine rings is 1. The Kier molecular flexibility index (Phi) is 7.55. The van der Waals surface area contributed by atoms with Crippen molar-refractivity contribution in [3.05, 3.63) is 82.5 Å². The summed E-state index contributed by atoms with van der Waals surface area (Å²) in [5, 5.41) is 5.54. The molecule has 2 N–H and O–H groups in total. The van der Waals surface area contributed by atoms with E-state index in [4.69, 9.17) is 25.8 Å². The lowest BCUT2D eigenvalue weighted by Gasteiger charge is -2.35. The third kappa shape index (κ3) is 5.93. The molecule has 2 amide bonds. The van der Waals surface area contributed by atoms with Crippen LogP contribution in [-0.4, -0.2) is 41.9 Å². The highest BCUT2D eigenvalue weighted by Crippen LogP contribution is 2.37.